The fourth-order valence-corrected chi connectivity index (χ4v) is 2.52. The van der Waals surface area contributed by atoms with Crippen molar-refractivity contribution in [1.29, 1.82) is 0 Å². The lowest BCUT2D eigenvalue weighted by Crippen LogP contribution is -2.12. The Balaban J connectivity index is 1.73. The van der Waals surface area contributed by atoms with Crippen molar-refractivity contribution in [1.82, 2.24) is 9.36 Å². The monoisotopic (exact) mass is 311 g/mol. The lowest BCUT2D eigenvalue weighted by Gasteiger charge is -2.02. The van der Waals surface area contributed by atoms with Gasteiger partial charge in [0.15, 0.2) is 0 Å². The standard InChI is InChI=1S/C16H13N3O2S/c1-21-13-9-7-11(8-10-13)14(20)17-16-18-15(22-19-16)12-5-3-2-4-6-12/h2-10H,1H3,(H,17,19,20). The van der Waals surface area contributed by atoms with Crippen LogP contribution in [0.15, 0.2) is 54.6 Å². The van der Waals surface area contributed by atoms with E-state index in [4.69, 9.17) is 4.74 Å². The third-order valence-corrected chi connectivity index (χ3v) is 3.79. The quantitative estimate of drug-likeness (QED) is 0.801. The van der Waals surface area contributed by atoms with Gasteiger partial charge >= 0.3 is 0 Å². The molecule has 1 amide bonds. The Morgan fingerprint density at radius 2 is 1.82 bits per heavy atom. The number of amides is 1. The molecule has 0 fully saturated rings. The maximum atomic E-state index is 12.1. The Hall–Kier alpha value is -2.73. The third kappa shape index (κ3) is 3.12. The Bertz CT molecular complexity index is 770. The van der Waals surface area contributed by atoms with Crippen molar-refractivity contribution in [3.63, 3.8) is 0 Å². The maximum Gasteiger partial charge on any atom is 0.258 e. The summed E-state index contributed by atoms with van der Waals surface area (Å²) in [4.78, 5) is 16.5. The SMILES string of the molecule is COc1ccc(C(=O)Nc2nsc(-c3ccccc3)n2)cc1. The van der Waals surface area contributed by atoms with Crippen LogP contribution in [-0.2, 0) is 0 Å². The van der Waals surface area contributed by atoms with Gasteiger partial charge in [0.05, 0.1) is 7.11 Å². The summed E-state index contributed by atoms with van der Waals surface area (Å²) in [5, 5.41) is 3.46. The average Bonchev–Trinajstić information content (AvgIpc) is 3.04. The van der Waals surface area contributed by atoms with E-state index in [9.17, 15) is 4.79 Å². The Morgan fingerprint density at radius 1 is 1.09 bits per heavy atom. The molecule has 5 nitrogen and oxygen atoms in total. The van der Waals surface area contributed by atoms with Crippen LogP contribution >= 0.6 is 11.5 Å². The predicted molar refractivity (Wildman–Crippen MR) is 86.3 cm³/mol. The number of ether oxygens (including phenoxy) is 1. The molecule has 1 aromatic heterocycles. The van der Waals surface area contributed by atoms with Gasteiger partial charge in [-0.05, 0) is 35.8 Å². The van der Waals surface area contributed by atoms with Crippen LogP contribution < -0.4 is 10.1 Å². The normalized spacial score (nSPS) is 10.2. The van der Waals surface area contributed by atoms with Crippen molar-refractivity contribution in [3.8, 4) is 16.3 Å². The van der Waals surface area contributed by atoms with E-state index in [1.54, 1.807) is 31.4 Å². The Kier molecular flexibility index (Phi) is 4.11. The van der Waals surface area contributed by atoms with E-state index in [2.05, 4.69) is 14.7 Å². The molecule has 110 valence electrons. The van der Waals surface area contributed by atoms with Crippen molar-refractivity contribution in [2.24, 2.45) is 0 Å². The summed E-state index contributed by atoms with van der Waals surface area (Å²) in [5.41, 5.74) is 1.50. The van der Waals surface area contributed by atoms with Crippen molar-refractivity contribution in [2.45, 2.75) is 0 Å². The topological polar surface area (TPSA) is 64.1 Å². The van der Waals surface area contributed by atoms with Gasteiger partial charge in [0.1, 0.15) is 10.8 Å². The maximum absolute atomic E-state index is 12.1. The van der Waals surface area contributed by atoms with Crippen molar-refractivity contribution in [3.05, 3.63) is 60.2 Å². The van der Waals surface area contributed by atoms with E-state index >= 15 is 0 Å². The zero-order chi connectivity index (χ0) is 15.4. The zero-order valence-corrected chi connectivity index (χ0v) is 12.6. The first kappa shape index (κ1) is 14.2. The first-order valence-electron chi connectivity index (χ1n) is 6.61. The summed E-state index contributed by atoms with van der Waals surface area (Å²) >= 11 is 1.25. The Morgan fingerprint density at radius 3 is 2.50 bits per heavy atom. The first-order valence-corrected chi connectivity index (χ1v) is 7.38. The summed E-state index contributed by atoms with van der Waals surface area (Å²) < 4.78 is 9.23. The summed E-state index contributed by atoms with van der Waals surface area (Å²) in [7, 11) is 1.58. The van der Waals surface area contributed by atoms with Crippen molar-refractivity contribution >= 4 is 23.4 Å². The molecule has 3 rings (SSSR count). The van der Waals surface area contributed by atoms with Crippen LogP contribution in [0, 0.1) is 0 Å². The highest BCUT2D eigenvalue weighted by molar-refractivity contribution is 7.09. The van der Waals surface area contributed by atoms with Gasteiger partial charge in [0, 0.05) is 11.1 Å². The van der Waals surface area contributed by atoms with Gasteiger partial charge in [-0.2, -0.15) is 9.36 Å². The second-order valence-corrected chi connectivity index (χ2v) is 5.22. The van der Waals surface area contributed by atoms with Crippen LogP contribution in [0.25, 0.3) is 10.6 Å². The number of benzene rings is 2. The van der Waals surface area contributed by atoms with Crippen LogP contribution in [0.3, 0.4) is 0 Å². The van der Waals surface area contributed by atoms with Crippen molar-refractivity contribution < 1.29 is 9.53 Å². The molecule has 0 spiro atoms. The van der Waals surface area contributed by atoms with E-state index in [0.717, 1.165) is 10.6 Å². The molecule has 3 aromatic rings. The van der Waals surface area contributed by atoms with Crippen LogP contribution in [0.1, 0.15) is 10.4 Å². The van der Waals surface area contributed by atoms with Crippen LogP contribution in [0.4, 0.5) is 5.95 Å². The van der Waals surface area contributed by atoms with Gasteiger partial charge in [-0.15, -0.1) is 0 Å². The molecule has 0 bridgehead atoms. The van der Waals surface area contributed by atoms with Gasteiger partial charge in [-0.25, -0.2) is 0 Å². The van der Waals surface area contributed by atoms with Crippen LogP contribution in [0.2, 0.25) is 0 Å². The molecule has 0 radical (unpaired) electrons. The second kappa shape index (κ2) is 6.36. The van der Waals surface area contributed by atoms with E-state index in [0.29, 0.717) is 17.3 Å². The van der Waals surface area contributed by atoms with Crippen molar-refractivity contribution in [2.75, 3.05) is 12.4 Å². The Labute approximate surface area is 131 Å². The van der Waals surface area contributed by atoms with Gasteiger partial charge in [0.25, 0.3) is 5.91 Å². The number of rotatable bonds is 4. The largest absolute Gasteiger partial charge is 0.497 e. The molecule has 2 aromatic carbocycles. The molecular weight excluding hydrogens is 298 g/mol. The molecular formula is C16H13N3O2S. The molecule has 6 heteroatoms. The number of carbonyl (C=O) groups excluding carboxylic acids is 1. The first-order chi connectivity index (χ1) is 10.8. The minimum Gasteiger partial charge on any atom is -0.497 e. The summed E-state index contributed by atoms with van der Waals surface area (Å²) in [6.07, 6.45) is 0. The fraction of sp³-hybridized carbons (Fsp3) is 0.0625. The number of nitrogens with zero attached hydrogens (tertiary/aromatic N) is 2. The number of nitrogens with one attached hydrogen (secondary N) is 1. The number of aromatic nitrogens is 2. The minimum absolute atomic E-state index is 0.250. The molecule has 0 aliphatic heterocycles. The third-order valence-electron chi connectivity index (χ3n) is 3.02. The van der Waals surface area contributed by atoms with Gasteiger partial charge < -0.3 is 4.74 Å². The lowest BCUT2D eigenvalue weighted by molar-refractivity contribution is 0.102. The van der Waals surface area contributed by atoms with Crippen LogP contribution in [-0.4, -0.2) is 22.4 Å². The van der Waals surface area contributed by atoms with Crippen LogP contribution in [0.5, 0.6) is 5.75 Å². The number of hydrogen-bond acceptors (Lipinski definition) is 5. The fourth-order valence-electron chi connectivity index (χ4n) is 1.89. The van der Waals surface area contributed by atoms with E-state index in [1.807, 2.05) is 30.3 Å². The number of methoxy groups -OCH3 is 1. The molecule has 1 N–H and O–H groups in total. The average molecular weight is 311 g/mol. The highest BCUT2D eigenvalue weighted by atomic mass is 32.1. The molecule has 1 heterocycles. The predicted octanol–water partition coefficient (Wildman–Crippen LogP) is 3.47. The van der Waals surface area contributed by atoms with E-state index < -0.39 is 0 Å². The lowest BCUT2D eigenvalue weighted by atomic mass is 10.2. The molecule has 0 saturated carbocycles. The van der Waals surface area contributed by atoms with Gasteiger partial charge in [-0.3, -0.25) is 10.1 Å². The second-order valence-electron chi connectivity index (χ2n) is 4.47. The molecule has 0 aliphatic rings. The van der Waals surface area contributed by atoms with Gasteiger partial charge in [-0.1, -0.05) is 30.3 Å². The van der Waals surface area contributed by atoms with E-state index in [1.165, 1.54) is 11.5 Å². The summed E-state index contributed by atoms with van der Waals surface area (Å²) in [6, 6.07) is 16.6. The summed E-state index contributed by atoms with van der Waals surface area (Å²) in [6.45, 7) is 0. The highest BCUT2D eigenvalue weighted by Gasteiger charge is 2.11. The molecule has 0 aliphatic carbocycles. The molecule has 0 saturated heterocycles. The number of anilines is 1. The molecule has 0 unspecified atom stereocenters. The minimum atomic E-state index is -0.250. The highest BCUT2D eigenvalue weighted by Crippen LogP contribution is 2.22. The summed E-state index contributed by atoms with van der Waals surface area (Å²) in [5.74, 6) is 0.763. The molecule has 22 heavy (non-hydrogen) atoms. The van der Waals surface area contributed by atoms with Gasteiger partial charge in [0.2, 0.25) is 5.95 Å². The number of hydrogen-bond donors (Lipinski definition) is 1. The molecule has 0 atom stereocenters. The smallest absolute Gasteiger partial charge is 0.258 e. The zero-order valence-electron chi connectivity index (χ0n) is 11.8. The number of carbonyl (C=O) groups is 1. The van der Waals surface area contributed by atoms with E-state index in [-0.39, 0.29) is 5.91 Å².